The van der Waals surface area contributed by atoms with Crippen molar-refractivity contribution in [2.45, 2.75) is 37.5 Å². The molecular weight excluding hydrogens is 473 g/mol. The molecule has 0 aliphatic carbocycles. The van der Waals surface area contributed by atoms with Gasteiger partial charge in [-0.1, -0.05) is 44.2 Å². The van der Waals surface area contributed by atoms with Gasteiger partial charge in [0.25, 0.3) is 0 Å². The molecule has 0 aromatic heterocycles. The van der Waals surface area contributed by atoms with Crippen molar-refractivity contribution >= 4 is 45.5 Å². The molecule has 0 aliphatic heterocycles. The van der Waals surface area contributed by atoms with Crippen LogP contribution in [0.4, 0.5) is 5.69 Å². The zero-order valence-electron chi connectivity index (χ0n) is 15.8. The summed E-state index contributed by atoms with van der Waals surface area (Å²) in [6.07, 6.45) is 1.52. The minimum atomic E-state index is -3.26. The summed E-state index contributed by atoms with van der Waals surface area (Å²) in [7, 11) is -3.26. The van der Waals surface area contributed by atoms with E-state index < -0.39 is 9.84 Å². The van der Waals surface area contributed by atoms with E-state index in [9.17, 15) is 8.42 Å². The number of nitrogens with zero attached hydrogens (tertiary/aromatic N) is 1. The van der Waals surface area contributed by atoms with Gasteiger partial charge in [0, 0.05) is 12.2 Å². The highest BCUT2D eigenvalue weighted by Gasteiger charge is 2.12. The molecule has 0 saturated heterocycles. The lowest BCUT2D eigenvalue weighted by Gasteiger charge is -2.10. The Balaban J connectivity index is 0.00000364. The largest absolute Gasteiger partial charge is 0.370 e. The van der Waals surface area contributed by atoms with Crippen LogP contribution in [-0.4, -0.2) is 26.7 Å². The lowest BCUT2D eigenvalue weighted by Crippen LogP contribution is -2.23. The molecule has 0 aliphatic rings. The Kier molecular flexibility index (Phi) is 9.79. The standard InChI is InChI=1S/C20H27N3O2S.HI/c1-3-16(2)17-10-12-18(13-11-17)23-20(21)22-14-7-15-26(24,25)19-8-5-4-6-9-19;/h4-6,8-13,16H,3,7,14-15H2,1-2H3,(H3,21,22,23);1H. The number of halogens is 1. The van der Waals surface area contributed by atoms with Crippen LogP contribution < -0.4 is 11.1 Å². The number of sulfone groups is 1. The van der Waals surface area contributed by atoms with Crippen LogP contribution in [0, 0.1) is 0 Å². The van der Waals surface area contributed by atoms with Crippen LogP contribution in [0.1, 0.15) is 38.2 Å². The fourth-order valence-corrected chi connectivity index (χ4v) is 3.83. The van der Waals surface area contributed by atoms with E-state index in [0.29, 0.717) is 29.7 Å². The van der Waals surface area contributed by atoms with Crippen LogP contribution in [0.25, 0.3) is 0 Å². The highest BCUT2D eigenvalue weighted by molar-refractivity contribution is 14.0. The summed E-state index contributed by atoms with van der Waals surface area (Å²) in [5, 5.41) is 3.03. The van der Waals surface area contributed by atoms with Gasteiger partial charge in [-0.15, -0.1) is 24.0 Å². The molecule has 0 amide bonds. The Labute approximate surface area is 179 Å². The molecule has 148 valence electrons. The molecule has 27 heavy (non-hydrogen) atoms. The van der Waals surface area contributed by atoms with E-state index in [1.54, 1.807) is 30.3 Å². The summed E-state index contributed by atoms with van der Waals surface area (Å²) >= 11 is 0. The topological polar surface area (TPSA) is 84.5 Å². The number of anilines is 1. The maximum Gasteiger partial charge on any atom is 0.193 e. The molecule has 0 bridgehead atoms. The summed E-state index contributed by atoms with van der Waals surface area (Å²) in [6.45, 7) is 4.72. The molecule has 1 atom stereocenters. The highest BCUT2D eigenvalue weighted by Crippen LogP contribution is 2.20. The number of nitrogens with two attached hydrogens (primary N) is 1. The SMILES string of the molecule is CCC(C)c1ccc(NC(N)=NCCCS(=O)(=O)c2ccccc2)cc1.I. The number of hydrogen-bond donors (Lipinski definition) is 2. The fraction of sp³-hybridized carbons (Fsp3) is 0.350. The first-order valence-corrected chi connectivity index (χ1v) is 10.5. The van der Waals surface area contributed by atoms with E-state index in [0.717, 1.165) is 12.1 Å². The van der Waals surface area contributed by atoms with E-state index in [1.807, 2.05) is 12.1 Å². The molecule has 0 saturated carbocycles. The molecule has 5 nitrogen and oxygen atoms in total. The second kappa shape index (κ2) is 11.3. The molecule has 2 aromatic carbocycles. The average molecular weight is 501 g/mol. The average Bonchev–Trinajstić information content (AvgIpc) is 2.66. The Bertz CT molecular complexity index is 822. The van der Waals surface area contributed by atoms with Crippen molar-refractivity contribution in [2.75, 3.05) is 17.6 Å². The zero-order valence-corrected chi connectivity index (χ0v) is 18.9. The number of rotatable bonds is 8. The van der Waals surface area contributed by atoms with E-state index >= 15 is 0 Å². The monoisotopic (exact) mass is 501 g/mol. The zero-order chi connectivity index (χ0) is 19.0. The molecule has 0 fully saturated rings. The lowest BCUT2D eigenvalue weighted by atomic mass is 9.99. The van der Waals surface area contributed by atoms with Crippen LogP contribution in [0.2, 0.25) is 0 Å². The van der Waals surface area contributed by atoms with Crippen molar-refractivity contribution in [3.05, 3.63) is 60.2 Å². The number of guanidine groups is 1. The van der Waals surface area contributed by atoms with Gasteiger partial charge in [0.15, 0.2) is 15.8 Å². The molecule has 0 heterocycles. The summed E-state index contributed by atoms with van der Waals surface area (Å²) in [6, 6.07) is 16.6. The first-order chi connectivity index (χ1) is 12.4. The van der Waals surface area contributed by atoms with Crippen molar-refractivity contribution in [1.29, 1.82) is 0 Å². The number of hydrogen-bond acceptors (Lipinski definition) is 3. The van der Waals surface area contributed by atoms with E-state index in [2.05, 4.69) is 36.3 Å². The second-order valence-electron chi connectivity index (χ2n) is 6.31. The third kappa shape index (κ3) is 7.50. The summed E-state index contributed by atoms with van der Waals surface area (Å²) in [5.41, 5.74) is 8.04. The lowest BCUT2D eigenvalue weighted by molar-refractivity contribution is 0.593. The van der Waals surface area contributed by atoms with Gasteiger partial charge in [0.1, 0.15) is 0 Å². The van der Waals surface area contributed by atoms with Gasteiger partial charge in [-0.05, 0) is 48.6 Å². The third-order valence-electron chi connectivity index (χ3n) is 4.32. The van der Waals surface area contributed by atoms with Crippen molar-refractivity contribution in [3.8, 4) is 0 Å². The Morgan fingerprint density at radius 2 is 1.74 bits per heavy atom. The van der Waals surface area contributed by atoms with E-state index in [4.69, 9.17) is 5.73 Å². The minimum Gasteiger partial charge on any atom is -0.370 e. The van der Waals surface area contributed by atoms with Gasteiger partial charge in [0.2, 0.25) is 0 Å². The van der Waals surface area contributed by atoms with Crippen LogP contribution in [0.15, 0.2) is 64.5 Å². The van der Waals surface area contributed by atoms with Gasteiger partial charge >= 0.3 is 0 Å². The maximum absolute atomic E-state index is 12.2. The maximum atomic E-state index is 12.2. The number of aliphatic imine (C=N–C) groups is 1. The fourth-order valence-electron chi connectivity index (χ4n) is 2.52. The van der Waals surface area contributed by atoms with Gasteiger partial charge in [0.05, 0.1) is 10.6 Å². The van der Waals surface area contributed by atoms with Crippen LogP contribution in [0.5, 0.6) is 0 Å². The molecule has 3 N–H and O–H groups in total. The van der Waals surface area contributed by atoms with E-state index in [-0.39, 0.29) is 29.7 Å². The Morgan fingerprint density at radius 3 is 2.33 bits per heavy atom. The smallest absolute Gasteiger partial charge is 0.193 e. The van der Waals surface area contributed by atoms with E-state index in [1.165, 1.54) is 5.56 Å². The van der Waals surface area contributed by atoms with Crippen molar-refractivity contribution in [3.63, 3.8) is 0 Å². The van der Waals surface area contributed by atoms with Crippen LogP contribution in [0.3, 0.4) is 0 Å². The minimum absolute atomic E-state index is 0. The van der Waals surface area contributed by atoms with Gasteiger partial charge in [-0.3, -0.25) is 4.99 Å². The predicted octanol–water partition coefficient (Wildman–Crippen LogP) is 4.41. The molecule has 2 rings (SSSR count). The Hall–Kier alpha value is -1.61. The third-order valence-corrected chi connectivity index (χ3v) is 6.14. The predicted molar refractivity (Wildman–Crippen MR) is 124 cm³/mol. The van der Waals surface area contributed by atoms with Gasteiger partial charge in [-0.2, -0.15) is 0 Å². The molecule has 2 aromatic rings. The van der Waals surface area contributed by atoms with Crippen LogP contribution in [-0.2, 0) is 9.84 Å². The Morgan fingerprint density at radius 1 is 1.11 bits per heavy atom. The highest BCUT2D eigenvalue weighted by atomic mass is 127. The van der Waals surface area contributed by atoms with Crippen molar-refractivity contribution < 1.29 is 8.42 Å². The molecule has 7 heteroatoms. The quantitative estimate of drug-likeness (QED) is 0.243. The molecule has 0 radical (unpaired) electrons. The summed E-state index contributed by atoms with van der Waals surface area (Å²) < 4.78 is 24.4. The number of nitrogens with one attached hydrogen (secondary N) is 1. The molecule has 0 spiro atoms. The summed E-state index contributed by atoms with van der Waals surface area (Å²) in [4.78, 5) is 4.55. The first kappa shape index (κ1) is 23.4. The van der Waals surface area contributed by atoms with Gasteiger partial charge < -0.3 is 11.1 Å². The van der Waals surface area contributed by atoms with Gasteiger partial charge in [-0.25, -0.2) is 8.42 Å². The normalized spacial score (nSPS) is 12.9. The van der Waals surface area contributed by atoms with Crippen LogP contribution >= 0.6 is 24.0 Å². The first-order valence-electron chi connectivity index (χ1n) is 8.87. The molecule has 1 unspecified atom stereocenters. The number of benzene rings is 2. The summed E-state index contributed by atoms with van der Waals surface area (Å²) in [5.74, 6) is 0.872. The second-order valence-corrected chi connectivity index (χ2v) is 8.42. The molecular formula is C20H28IN3O2S. The van der Waals surface area contributed by atoms with Crippen molar-refractivity contribution in [2.24, 2.45) is 10.7 Å². The van der Waals surface area contributed by atoms with Crippen molar-refractivity contribution in [1.82, 2.24) is 0 Å².